The van der Waals surface area contributed by atoms with Crippen molar-refractivity contribution in [3.8, 4) is 0 Å². The quantitative estimate of drug-likeness (QED) is 0.569. The molecule has 0 fully saturated rings. The van der Waals surface area contributed by atoms with Crippen molar-refractivity contribution in [1.82, 2.24) is 5.48 Å². The monoisotopic (exact) mass is 280 g/mol. The Bertz CT molecular complexity index is 434. The summed E-state index contributed by atoms with van der Waals surface area (Å²) >= 11 is 0. The standard InChI is InChI=1S/C14H20N2O4/c1-10(2)9-19-14(18)12(8-15)16-20-13(17)11-6-4-3-5-7-11/h3-7,10,12,16H,8-9,15H2,1-2H3/t12-/m1/s1. The van der Waals surface area contributed by atoms with E-state index in [1.54, 1.807) is 30.3 Å². The Morgan fingerprint density at radius 3 is 2.45 bits per heavy atom. The highest BCUT2D eigenvalue weighted by molar-refractivity contribution is 5.89. The van der Waals surface area contributed by atoms with Crippen LogP contribution in [0, 0.1) is 5.92 Å². The van der Waals surface area contributed by atoms with Gasteiger partial charge in [-0.1, -0.05) is 32.0 Å². The first kappa shape index (κ1) is 16.1. The third-order valence-corrected chi connectivity index (χ3v) is 2.38. The molecule has 0 saturated carbocycles. The molecule has 1 atom stereocenters. The van der Waals surface area contributed by atoms with Gasteiger partial charge in [0, 0.05) is 6.54 Å². The van der Waals surface area contributed by atoms with Gasteiger partial charge in [-0.25, -0.2) is 4.79 Å². The first-order valence-electron chi connectivity index (χ1n) is 6.43. The Morgan fingerprint density at radius 1 is 1.25 bits per heavy atom. The molecule has 0 saturated heterocycles. The van der Waals surface area contributed by atoms with Crippen LogP contribution in [-0.4, -0.2) is 31.1 Å². The maximum absolute atomic E-state index is 11.7. The van der Waals surface area contributed by atoms with E-state index in [9.17, 15) is 9.59 Å². The van der Waals surface area contributed by atoms with Gasteiger partial charge < -0.3 is 15.3 Å². The van der Waals surface area contributed by atoms with E-state index >= 15 is 0 Å². The molecule has 20 heavy (non-hydrogen) atoms. The summed E-state index contributed by atoms with van der Waals surface area (Å²) in [5.74, 6) is -0.896. The van der Waals surface area contributed by atoms with E-state index in [1.807, 2.05) is 13.8 Å². The minimum Gasteiger partial charge on any atom is -0.464 e. The van der Waals surface area contributed by atoms with Crippen molar-refractivity contribution < 1.29 is 19.2 Å². The summed E-state index contributed by atoms with van der Waals surface area (Å²) < 4.78 is 5.02. The van der Waals surface area contributed by atoms with Crippen LogP contribution >= 0.6 is 0 Å². The first-order valence-corrected chi connectivity index (χ1v) is 6.43. The number of nitrogens with one attached hydrogen (secondary N) is 1. The summed E-state index contributed by atoms with van der Waals surface area (Å²) in [4.78, 5) is 28.2. The number of nitrogens with two attached hydrogens (primary N) is 1. The molecule has 3 N–H and O–H groups in total. The van der Waals surface area contributed by atoms with E-state index in [4.69, 9.17) is 15.3 Å². The highest BCUT2D eigenvalue weighted by Gasteiger charge is 2.20. The van der Waals surface area contributed by atoms with Gasteiger partial charge >= 0.3 is 11.9 Å². The Balaban J connectivity index is 2.45. The minimum absolute atomic E-state index is 0.0288. The second kappa shape index (κ2) is 8.29. The summed E-state index contributed by atoms with van der Waals surface area (Å²) in [6.45, 7) is 4.11. The molecule has 6 nitrogen and oxygen atoms in total. The lowest BCUT2D eigenvalue weighted by Gasteiger charge is -2.16. The summed E-state index contributed by atoms with van der Waals surface area (Å²) in [6.07, 6.45) is 0. The fourth-order valence-electron chi connectivity index (χ4n) is 1.30. The van der Waals surface area contributed by atoms with E-state index in [0.717, 1.165) is 0 Å². The zero-order valence-corrected chi connectivity index (χ0v) is 11.7. The normalized spacial score (nSPS) is 12.0. The maximum atomic E-state index is 11.7. The zero-order valence-electron chi connectivity index (χ0n) is 11.7. The molecule has 0 unspecified atom stereocenters. The molecule has 0 aliphatic rings. The summed E-state index contributed by atoms with van der Waals surface area (Å²) in [6, 6.07) is 7.57. The molecule has 0 aromatic heterocycles. The van der Waals surface area contributed by atoms with Gasteiger partial charge in [0.2, 0.25) is 0 Å². The molecule has 0 aliphatic carbocycles. The van der Waals surface area contributed by atoms with Crippen molar-refractivity contribution in [2.75, 3.05) is 13.2 Å². The predicted molar refractivity (Wildman–Crippen MR) is 73.6 cm³/mol. The lowest BCUT2D eigenvalue weighted by atomic mass is 10.2. The number of benzene rings is 1. The van der Waals surface area contributed by atoms with Crippen LogP contribution in [0.3, 0.4) is 0 Å². The van der Waals surface area contributed by atoms with Gasteiger partial charge in [-0.3, -0.25) is 4.79 Å². The number of carbonyl (C=O) groups is 2. The van der Waals surface area contributed by atoms with E-state index in [-0.39, 0.29) is 12.5 Å². The Kier molecular flexibility index (Phi) is 6.69. The molecule has 1 aromatic carbocycles. The van der Waals surface area contributed by atoms with Crippen LogP contribution in [-0.2, 0) is 14.4 Å². The van der Waals surface area contributed by atoms with Crippen LogP contribution in [0.4, 0.5) is 0 Å². The average molecular weight is 280 g/mol. The smallest absolute Gasteiger partial charge is 0.356 e. The van der Waals surface area contributed by atoms with Gasteiger partial charge in [0.1, 0.15) is 0 Å². The van der Waals surface area contributed by atoms with Crippen LogP contribution in [0.25, 0.3) is 0 Å². The lowest BCUT2D eigenvalue weighted by Crippen LogP contribution is -2.45. The highest BCUT2D eigenvalue weighted by Crippen LogP contribution is 2.01. The molecule has 6 heteroatoms. The first-order chi connectivity index (χ1) is 9.54. The Labute approximate surface area is 118 Å². The zero-order chi connectivity index (χ0) is 15.0. The molecule has 110 valence electrons. The molecular weight excluding hydrogens is 260 g/mol. The fraction of sp³-hybridized carbons (Fsp3) is 0.429. The second-order valence-corrected chi connectivity index (χ2v) is 4.69. The average Bonchev–Trinajstić information content (AvgIpc) is 2.46. The summed E-state index contributed by atoms with van der Waals surface area (Å²) in [7, 11) is 0. The van der Waals surface area contributed by atoms with E-state index in [0.29, 0.717) is 12.2 Å². The van der Waals surface area contributed by atoms with Crippen molar-refractivity contribution in [2.45, 2.75) is 19.9 Å². The summed E-state index contributed by atoms with van der Waals surface area (Å²) in [5, 5.41) is 0. The topological polar surface area (TPSA) is 90.7 Å². The van der Waals surface area contributed by atoms with Gasteiger partial charge in [-0.05, 0) is 18.1 Å². The number of hydrogen-bond acceptors (Lipinski definition) is 6. The van der Waals surface area contributed by atoms with Crippen LogP contribution in [0.2, 0.25) is 0 Å². The van der Waals surface area contributed by atoms with Gasteiger partial charge in [-0.15, -0.1) is 5.48 Å². The molecule has 0 bridgehead atoms. The maximum Gasteiger partial charge on any atom is 0.356 e. The largest absolute Gasteiger partial charge is 0.464 e. The molecule has 0 amide bonds. The molecule has 0 aliphatic heterocycles. The Morgan fingerprint density at radius 2 is 1.90 bits per heavy atom. The van der Waals surface area contributed by atoms with Crippen molar-refractivity contribution in [3.63, 3.8) is 0 Å². The van der Waals surface area contributed by atoms with E-state index in [1.165, 1.54) is 0 Å². The number of esters is 1. The fourth-order valence-corrected chi connectivity index (χ4v) is 1.30. The third kappa shape index (κ3) is 5.38. The van der Waals surface area contributed by atoms with Crippen molar-refractivity contribution in [1.29, 1.82) is 0 Å². The number of rotatable bonds is 7. The van der Waals surface area contributed by atoms with Crippen LogP contribution in [0.5, 0.6) is 0 Å². The molecule has 0 heterocycles. The summed E-state index contributed by atoms with van der Waals surface area (Å²) in [5.41, 5.74) is 8.17. The van der Waals surface area contributed by atoms with Gasteiger partial charge in [0.15, 0.2) is 6.04 Å². The molecular formula is C14H20N2O4. The van der Waals surface area contributed by atoms with Gasteiger partial charge in [0.25, 0.3) is 0 Å². The predicted octanol–water partition coefficient (Wildman–Crippen LogP) is 0.875. The minimum atomic E-state index is -0.874. The van der Waals surface area contributed by atoms with Gasteiger partial charge in [0.05, 0.1) is 12.2 Å². The third-order valence-electron chi connectivity index (χ3n) is 2.38. The molecule has 1 rings (SSSR count). The van der Waals surface area contributed by atoms with Crippen LogP contribution < -0.4 is 11.2 Å². The number of ether oxygens (including phenoxy) is 1. The number of hydroxylamine groups is 1. The molecule has 0 radical (unpaired) electrons. The number of hydrogen-bond donors (Lipinski definition) is 2. The SMILES string of the molecule is CC(C)COC(=O)[C@@H](CN)NOC(=O)c1ccccc1. The second-order valence-electron chi connectivity index (χ2n) is 4.69. The molecule has 0 spiro atoms. The van der Waals surface area contributed by atoms with Crippen LogP contribution in [0.1, 0.15) is 24.2 Å². The lowest BCUT2D eigenvalue weighted by molar-refractivity contribution is -0.149. The molecule has 1 aromatic rings. The number of carbonyl (C=O) groups excluding carboxylic acids is 2. The highest BCUT2D eigenvalue weighted by atomic mass is 16.7. The van der Waals surface area contributed by atoms with E-state index in [2.05, 4.69) is 5.48 Å². The van der Waals surface area contributed by atoms with E-state index < -0.39 is 18.0 Å². The van der Waals surface area contributed by atoms with Crippen molar-refractivity contribution >= 4 is 11.9 Å². The van der Waals surface area contributed by atoms with Gasteiger partial charge in [-0.2, -0.15) is 0 Å². The van der Waals surface area contributed by atoms with Crippen LogP contribution in [0.15, 0.2) is 30.3 Å². The van der Waals surface area contributed by atoms with Crippen molar-refractivity contribution in [2.24, 2.45) is 11.7 Å². The Hall–Kier alpha value is -1.92. The van der Waals surface area contributed by atoms with Crippen molar-refractivity contribution in [3.05, 3.63) is 35.9 Å².